The molecule has 0 bridgehead atoms. The van der Waals surface area contributed by atoms with Crippen LogP contribution < -0.4 is 5.43 Å². The number of esters is 1. The molecular weight excluding hydrogens is 420 g/mol. The normalized spacial score (nSPS) is 10.8. The van der Waals surface area contributed by atoms with E-state index in [0.29, 0.717) is 5.56 Å². The highest BCUT2D eigenvalue weighted by molar-refractivity contribution is 9.11. The van der Waals surface area contributed by atoms with E-state index in [9.17, 15) is 9.59 Å². The Balaban J connectivity index is 1.61. The quantitative estimate of drug-likeness (QED) is 0.366. The number of benzene rings is 1. The molecule has 0 fully saturated rings. The van der Waals surface area contributed by atoms with Gasteiger partial charge in [0.05, 0.1) is 33.2 Å². The molecule has 3 aromatic rings. The van der Waals surface area contributed by atoms with Crippen LogP contribution in [0.3, 0.4) is 0 Å². The van der Waals surface area contributed by atoms with Crippen LogP contribution in [0.25, 0.3) is 10.6 Å². The Bertz CT molecular complexity index is 963. The van der Waals surface area contributed by atoms with Crippen molar-refractivity contribution in [3.05, 3.63) is 63.1 Å². The Kier molecular flexibility index (Phi) is 5.59. The molecule has 0 radical (unpaired) electrons. The number of amides is 1. The highest BCUT2D eigenvalue weighted by Gasteiger charge is 2.12. The molecule has 0 aliphatic carbocycles. The highest BCUT2D eigenvalue weighted by atomic mass is 79.9. The Morgan fingerprint density at radius 1 is 1.27 bits per heavy atom. The summed E-state index contributed by atoms with van der Waals surface area (Å²) in [6, 6.07) is 12.2. The van der Waals surface area contributed by atoms with Gasteiger partial charge in [0.15, 0.2) is 5.69 Å². The Morgan fingerprint density at radius 2 is 2.04 bits per heavy atom. The van der Waals surface area contributed by atoms with Crippen LogP contribution >= 0.6 is 27.3 Å². The van der Waals surface area contributed by atoms with Gasteiger partial charge in [-0.25, -0.2) is 10.2 Å². The van der Waals surface area contributed by atoms with E-state index in [-0.39, 0.29) is 5.69 Å². The van der Waals surface area contributed by atoms with Gasteiger partial charge in [-0.2, -0.15) is 10.2 Å². The fourth-order valence-electron chi connectivity index (χ4n) is 2.07. The van der Waals surface area contributed by atoms with Crippen LogP contribution in [0.5, 0.6) is 0 Å². The van der Waals surface area contributed by atoms with Gasteiger partial charge in [-0.1, -0.05) is 12.1 Å². The smallest absolute Gasteiger partial charge is 0.337 e. The zero-order valence-corrected chi connectivity index (χ0v) is 15.9. The van der Waals surface area contributed by atoms with Crippen LogP contribution in [-0.4, -0.2) is 35.4 Å². The van der Waals surface area contributed by atoms with E-state index in [1.54, 1.807) is 30.3 Å². The number of aromatic amines is 1. The molecule has 2 aromatic heterocycles. The van der Waals surface area contributed by atoms with Crippen LogP contribution in [0.2, 0.25) is 0 Å². The topological polar surface area (TPSA) is 96.4 Å². The molecule has 2 N–H and O–H groups in total. The second-order valence-corrected chi connectivity index (χ2v) is 7.55. The number of methoxy groups -OCH3 is 1. The van der Waals surface area contributed by atoms with Crippen LogP contribution in [0.15, 0.2) is 51.4 Å². The van der Waals surface area contributed by atoms with Crippen LogP contribution in [0.4, 0.5) is 0 Å². The largest absolute Gasteiger partial charge is 0.465 e. The molecular formula is C17H13BrN4O3S. The summed E-state index contributed by atoms with van der Waals surface area (Å²) >= 11 is 4.93. The average Bonchev–Trinajstić information content (AvgIpc) is 3.30. The van der Waals surface area contributed by atoms with Crippen molar-refractivity contribution in [2.45, 2.75) is 0 Å². The summed E-state index contributed by atoms with van der Waals surface area (Å²) < 4.78 is 5.63. The van der Waals surface area contributed by atoms with E-state index in [1.165, 1.54) is 24.7 Å². The number of nitrogens with zero attached hydrogens (tertiary/aromatic N) is 2. The Labute approximate surface area is 161 Å². The summed E-state index contributed by atoms with van der Waals surface area (Å²) in [5, 5.41) is 10.7. The average molecular weight is 433 g/mol. The van der Waals surface area contributed by atoms with E-state index in [4.69, 9.17) is 0 Å². The van der Waals surface area contributed by atoms with Crippen molar-refractivity contribution in [1.82, 2.24) is 15.6 Å². The van der Waals surface area contributed by atoms with E-state index in [1.807, 2.05) is 12.1 Å². The number of aromatic nitrogens is 2. The molecule has 0 aliphatic rings. The predicted molar refractivity (Wildman–Crippen MR) is 102 cm³/mol. The summed E-state index contributed by atoms with van der Waals surface area (Å²) in [6.07, 6.45) is 1.48. The lowest BCUT2D eigenvalue weighted by Gasteiger charge is -1.99. The second-order valence-electron chi connectivity index (χ2n) is 5.08. The Hall–Kier alpha value is -2.78. The third-order valence-electron chi connectivity index (χ3n) is 3.36. The number of hydrazone groups is 1. The first kappa shape index (κ1) is 18.0. The van der Waals surface area contributed by atoms with Crippen LogP contribution in [0.1, 0.15) is 26.4 Å². The van der Waals surface area contributed by atoms with Gasteiger partial charge in [0, 0.05) is 0 Å². The second kappa shape index (κ2) is 8.07. The standard InChI is InChI=1S/C17H13BrN4O3S/c1-25-17(24)11-4-2-10(3-5-11)9-19-22-16(23)13-8-12(20-21-13)14-6-7-15(18)26-14/h2-9H,1H3,(H,20,21)(H,22,23)/b19-9-. The van der Waals surface area contributed by atoms with Gasteiger partial charge in [-0.15, -0.1) is 11.3 Å². The van der Waals surface area contributed by atoms with E-state index in [0.717, 1.165) is 19.9 Å². The molecule has 132 valence electrons. The molecule has 0 spiro atoms. The number of rotatable bonds is 5. The number of ether oxygens (including phenoxy) is 1. The maximum atomic E-state index is 12.1. The fourth-order valence-corrected chi connectivity index (χ4v) is 3.42. The SMILES string of the molecule is COC(=O)c1ccc(/C=N\NC(=O)c2cc(-c3ccc(Br)s3)[nH]n2)cc1. The van der Waals surface area contributed by atoms with E-state index >= 15 is 0 Å². The summed E-state index contributed by atoms with van der Waals surface area (Å²) in [4.78, 5) is 24.4. The van der Waals surface area contributed by atoms with E-state index < -0.39 is 11.9 Å². The zero-order chi connectivity index (χ0) is 18.5. The van der Waals surface area contributed by atoms with Gasteiger partial charge < -0.3 is 4.74 Å². The summed E-state index contributed by atoms with van der Waals surface area (Å²) in [5.41, 5.74) is 4.58. The fraction of sp³-hybridized carbons (Fsp3) is 0.0588. The van der Waals surface area contributed by atoms with Gasteiger partial charge in [0.1, 0.15) is 0 Å². The maximum Gasteiger partial charge on any atom is 0.337 e. The molecule has 1 aromatic carbocycles. The number of carbonyl (C=O) groups is 2. The molecule has 3 rings (SSSR count). The van der Waals surface area contributed by atoms with Crippen LogP contribution in [-0.2, 0) is 4.74 Å². The summed E-state index contributed by atoms with van der Waals surface area (Å²) in [5.74, 6) is -0.834. The first-order valence-electron chi connectivity index (χ1n) is 7.39. The predicted octanol–water partition coefficient (Wildman–Crippen LogP) is 3.45. The molecule has 0 aliphatic heterocycles. The molecule has 1 amide bonds. The van der Waals surface area contributed by atoms with Crippen LogP contribution in [0, 0.1) is 0 Å². The number of carbonyl (C=O) groups excluding carboxylic acids is 2. The van der Waals surface area contributed by atoms with Gasteiger partial charge in [-0.05, 0) is 51.8 Å². The minimum absolute atomic E-state index is 0.239. The number of hydrogen-bond acceptors (Lipinski definition) is 6. The minimum atomic E-state index is -0.425. The molecule has 0 unspecified atom stereocenters. The van der Waals surface area contributed by atoms with Gasteiger partial charge in [-0.3, -0.25) is 9.89 Å². The molecule has 0 saturated heterocycles. The van der Waals surface area contributed by atoms with Crippen molar-refractivity contribution in [3.63, 3.8) is 0 Å². The number of thiophene rings is 1. The number of hydrogen-bond donors (Lipinski definition) is 2. The number of nitrogens with one attached hydrogen (secondary N) is 2. The lowest BCUT2D eigenvalue weighted by molar-refractivity contribution is 0.0600. The van der Waals surface area contributed by atoms with Crippen molar-refractivity contribution < 1.29 is 14.3 Å². The van der Waals surface area contributed by atoms with Gasteiger partial charge >= 0.3 is 5.97 Å². The number of H-pyrrole nitrogens is 1. The summed E-state index contributed by atoms with van der Waals surface area (Å²) in [7, 11) is 1.32. The first-order valence-corrected chi connectivity index (χ1v) is 9.00. The Morgan fingerprint density at radius 3 is 2.69 bits per heavy atom. The lowest BCUT2D eigenvalue weighted by atomic mass is 10.1. The van der Waals surface area contributed by atoms with Gasteiger partial charge in [0.2, 0.25) is 0 Å². The number of halogens is 1. The molecule has 2 heterocycles. The molecule has 26 heavy (non-hydrogen) atoms. The van der Waals surface area contributed by atoms with Crippen molar-refractivity contribution in [2.75, 3.05) is 7.11 Å². The monoisotopic (exact) mass is 432 g/mol. The third-order valence-corrected chi connectivity index (χ3v) is 5.02. The zero-order valence-electron chi connectivity index (χ0n) is 13.5. The van der Waals surface area contributed by atoms with Gasteiger partial charge in [0.25, 0.3) is 5.91 Å². The lowest BCUT2D eigenvalue weighted by Crippen LogP contribution is -2.18. The van der Waals surface area contributed by atoms with Crippen molar-refractivity contribution in [2.24, 2.45) is 5.10 Å². The molecule has 7 nitrogen and oxygen atoms in total. The highest BCUT2D eigenvalue weighted by Crippen LogP contribution is 2.30. The molecule has 9 heteroatoms. The third kappa shape index (κ3) is 4.24. The summed E-state index contributed by atoms with van der Waals surface area (Å²) in [6.45, 7) is 0. The van der Waals surface area contributed by atoms with Crippen molar-refractivity contribution in [3.8, 4) is 10.6 Å². The minimum Gasteiger partial charge on any atom is -0.465 e. The van der Waals surface area contributed by atoms with Crippen molar-refractivity contribution >= 4 is 45.4 Å². The van der Waals surface area contributed by atoms with Crippen molar-refractivity contribution in [1.29, 1.82) is 0 Å². The molecule has 0 saturated carbocycles. The molecule has 0 atom stereocenters. The first-order chi connectivity index (χ1) is 12.6. The van der Waals surface area contributed by atoms with E-state index in [2.05, 4.69) is 41.4 Å². The maximum absolute atomic E-state index is 12.1.